The van der Waals surface area contributed by atoms with Crippen LogP contribution in [0.4, 0.5) is 13.2 Å². The average molecular weight is 433 g/mol. The van der Waals surface area contributed by atoms with Crippen LogP contribution in [0.15, 0.2) is 36.4 Å². The Kier molecular flexibility index (Phi) is 8.59. The standard InChI is InChI=1S/C26H31F3O2/c1-3-4-5-6-15-30-24-14-12-21(16-22(24)27)23-13-9-19(17-31-23)8-11-20-10-7-18(2)25(28)26(20)29/h7-8,10-12,14,16,19,23H,3-6,9,13,15,17H2,1-2H3/b11-8+. The molecular formula is C26H31F3O2. The van der Waals surface area contributed by atoms with Crippen molar-refractivity contribution in [1.29, 1.82) is 0 Å². The minimum Gasteiger partial charge on any atom is -0.491 e. The molecule has 0 saturated carbocycles. The summed E-state index contributed by atoms with van der Waals surface area (Å²) in [6.07, 6.45) is 9.19. The second-order valence-corrected chi connectivity index (χ2v) is 8.22. The van der Waals surface area contributed by atoms with Gasteiger partial charge in [0.15, 0.2) is 23.2 Å². The van der Waals surface area contributed by atoms with Gasteiger partial charge in [-0.25, -0.2) is 13.2 Å². The second kappa shape index (κ2) is 11.4. The zero-order valence-corrected chi connectivity index (χ0v) is 18.3. The van der Waals surface area contributed by atoms with Crippen LogP contribution in [0.1, 0.15) is 68.2 Å². The van der Waals surface area contributed by atoms with Gasteiger partial charge in [0.25, 0.3) is 0 Å². The minimum atomic E-state index is -0.825. The molecule has 2 aromatic carbocycles. The summed E-state index contributed by atoms with van der Waals surface area (Å²) in [6.45, 7) is 4.66. The maximum Gasteiger partial charge on any atom is 0.166 e. The molecule has 0 bridgehead atoms. The van der Waals surface area contributed by atoms with Crippen LogP contribution in [0.5, 0.6) is 5.75 Å². The van der Waals surface area contributed by atoms with Gasteiger partial charge in [-0.1, -0.05) is 56.5 Å². The van der Waals surface area contributed by atoms with Crippen molar-refractivity contribution in [1.82, 2.24) is 0 Å². The van der Waals surface area contributed by atoms with Gasteiger partial charge in [-0.05, 0) is 49.4 Å². The lowest BCUT2D eigenvalue weighted by Crippen LogP contribution is -2.19. The number of hydrogen-bond acceptors (Lipinski definition) is 2. The second-order valence-electron chi connectivity index (χ2n) is 8.22. The van der Waals surface area contributed by atoms with E-state index in [4.69, 9.17) is 9.47 Å². The van der Waals surface area contributed by atoms with Crippen molar-refractivity contribution < 1.29 is 22.6 Å². The fourth-order valence-electron chi connectivity index (χ4n) is 3.76. The van der Waals surface area contributed by atoms with E-state index in [1.54, 1.807) is 24.3 Å². The molecule has 1 fully saturated rings. The highest BCUT2D eigenvalue weighted by atomic mass is 19.2. The fourth-order valence-corrected chi connectivity index (χ4v) is 3.76. The largest absolute Gasteiger partial charge is 0.491 e. The van der Waals surface area contributed by atoms with Gasteiger partial charge >= 0.3 is 0 Å². The molecule has 2 unspecified atom stereocenters. The van der Waals surface area contributed by atoms with Crippen LogP contribution in [0.25, 0.3) is 6.08 Å². The molecule has 0 N–H and O–H groups in total. The Labute approximate surface area is 183 Å². The summed E-state index contributed by atoms with van der Waals surface area (Å²) in [7, 11) is 0. The van der Waals surface area contributed by atoms with Gasteiger partial charge in [0, 0.05) is 11.5 Å². The number of rotatable bonds is 9. The van der Waals surface area contributed by atoms with E-state index in [-0.39, 0.29) is 29.2 Å². The molecule has 1 heterocycles. The Hall–Kier alpha value is -2.27. The van der Waals surface area contributed by atoms with Gasteiger partial charge < -0.3 is 9.47 Å². The molecule has 168 valence electrons. The molecule has 0 amide bonds. The van der Waals surface area contributed by atoms with Crippen LogP contribution >= 0.6 is 0 Å². The molecule has 1 aliphatic heterocycles. The molecule has 31 heavy (non-hydrogen) atoms. The fraction of sp³-hybridized carbons (Fsp3) is 0.462. The normalized spacial score (nSPS) is 19.1. The smallest absolute Gasteiger partial charge is 0.166 e. The number of halogens is 3. The van der Waals surface area contributed by atoms with Gasteiger partial charge in [-0.3, -0.25) is 0 Å². The first-order valence-electron chi connectivity index (χ1n) is 11.2. The van der Waals surface area contributed by atoms with Crippen molar-refractivity contribution in [2.45, 2.75) is 58.5 Å². The number of benzene rings is 2. The number of unbranched alkanes of at least 4 members (excludes halogenated alkanes) is 3. The molecule has 2 nitrogen and oxygen atoms in total. The molecule has 3 rings (SSSR count). The molecular weight excluding hydrogens is 401 g/mol. The van der Waals surface area contributed by atoms with Crippen LogP contribution in [0.2, 0.25) is 0 Å². The summed E-state index contributed by atoms with van der Waals surface area (Å²) in [6, 6.07) is 8.17. The average Bonchev–Trinajstić information content (AvgIpc) is 2.78. The van der Waals surface area contributed by atoms with E-state index in [2.05, 4.69) is 6.92 Å². The van der Waals surface area contributed by atoms with Crippen molar-refractivity contribution in [2.75, 3.05) is 13.2 Å². The molecule has 0 radical (unpaired) electrons. The lowest BCUT2D eigenvalue weighted by atomic mass is 9.93. The quantitative estimate of drug-likeness (QED) is 0.381. The van der Waals surface area contributed by atoms with E-state index < -0.39 is 11.6 Å². The van der Waals surface area contributed by atoms with Crippen molar-refractivity contribution in [3.8, 4) is 5.75 Å². The highest BCUT2D eigenvalue weighted by molar-refractivity contribution is 5.51. The monoisotopic (exact) mass is 432 g/mol. The van der Waals surface area contributed by atoms with Crippen molar-refractivity contribution in [3.05, 3.63) is 70.5 Å². The molecule has 5 heteroatoms. The molecule has 2 atom stereocenters. The van der Waals surface area contributed by atoms with Gasteiger partial charge in [-0.2, -0.15) is 0 Å². The van der Waals surface area contributed by atoms with Crippen molar-refractivity contribution >= 4 is 6.08 Å². The molecule has 1 saturated heterocycles. The van der Waals surface area contributed by atoms with E-state index in [1.165, 1.54) is 13.0 Å². The Bertz CT molecular complexity index is 886. The van der Waals surface area contributed by atoms with Crippen molar-refractivity contribution in [3.63, 3.8) is 0 Å². The van der Waals surface area contributed by atoms with Crippen LogP contribution in [0, 0.1) is 30.3 Å². The Morgan fingerprint density at radius 1 is 1.03 bits per heavy atom. The number of ether oxygens (including phenoxy) is 2. The first-order valence-corrected chi connectivity index (χ1v) is 11.2. The van der Waals surface area contributed by atoms with Gasteiger partial charge in [0.2, 0.25) is 0 Å². The van der Waals surface area contributed by atoms with Crippen LogP contribution < -0.4 is 4.74 Å². The number of aryl methyl sites for hydroxylation is 1. The zero-order valence-electron chi connectivity index (χ0n) is 18.3. The van der Waals surface area contributed by atoms with Crippen LogP contribution in [-0.2, 0) is 4.74 Å². The molecule has 2 aromatic rings. The van der Waals surface area contributed by atoms with Gasteiger partial charge in [0.05, 0.1) is 19.3 Å². The SMILES string of the molecule is CCCCCCOc1ccc(C2CCC(/C=C/c3ccc(C)c(F)c3F)CO2)cc1F. The first-order chi connectivity index (χ1) is 15.0. The summed E-state index contributed by atoms with van der Waals surface area (Å²) in [5.74, 6) is -1.61. The zero-order chi connectivity index (χ0) is 22.2. The van der Waals surface area contributed by atoms with E-state index in [0.29, 0.717) is 18.8 Å². The topological polar surface area (TPSA) is 18.5 Å². The summed E-state index contributed by atoms with van der Waals surface area (Å²) in [4.78, 5) is 0. The van der Waals surface area contributed by atoms with E-state index in [0.717, 1.165) is 44.1 Å². The third-order valence-corrected chi connectivity index (χ3v) is 5.75. The predicted octanol–water partition coefficient (Wildman–Crippen LogP) is 7.55. The van der Waals surface area contributed by atoms with Gasteiger partial charge in [-0.15, -0.1) is 0 Å². The predicted molar refractivity (Wildman–Crippen MR) is 118 cm³/mol. The molecule has 1 aliphatic rings. The summed E-state index contributed by atoms with van der Waals surface area (Å²) in [5.41, 5.74) is 1.32. The third-order valence-electron chi connectivity index (χ3n) is 5.75. The highest BCUT2D eigenvalue weighted by Gasteiger charge is 2.22. The molecule has 0 aliphatic carbocycles. The maximum absolute atomic E-state index is 14.4. The lowest BCUT2D eigenvalue weighted by Gasteiger charge is -2.28. The Morgan fingerprint density at radius 3 is 2.58 bits per heavy atom. The van der Waals surface area contributed by atoms with Gasteiger partial charge in [0.1, 0.15) is 0 Å². The summed E-state index contributed by atoms with van der Waals surface area (Å²) >= 11 is 0. The first kappa shape index (κ1) is 23.4. The van der Waals surface area contributed by atoms with E-state index in [9.17, 15) is 13.2 Å². The van der Waals surface area contributed by atoms with E-state index >= 15 is 0 Å². The number of hydrogen-bond donors (Lipinski definition) is 0. The minimum absolute atomic E-state index is 0.107. The maximum atomic E-state index is 14.4. The Balaban J connectivity index is 1.51. The van der Waals surface area contributed by atoms with Crippen LogP contribution in [-0.4, -0.2) is 13.2 Å². The van der Waals surface area contributed by atoms with Crippen molar-refractivity contribution in [2.24, 2.45) is 5.92 Å². The summed E-state index contributed by atoms with van der Waals surface area (Å²) < 4.78 is 53.6. The highest BCUT2D eigenvalue weighted by Crippen LogP contribution is 2.33. The Morgan fingerprint density at radius 2 is 1.87 bits per heavy atom. The van der Waals surface area contributed by atoms with Crippen LogP contribution in [0.3, 0.4) is 0 Å². The van der Waals surface area contributed by atoms with E-state index in [1.807, 2.05) is 12.1 Å². The molecule has 0 aromatic heterocycles. The lowest BCUT2D eigenvalue weighted by molar-refractivity contribution is -0.00524. The molecule has 0 spiro atoms. The third kappa shape index (κ3) is 6.36. The summed E-state index contributed by atoms with van der Waals surface area (Å²) in [5, 5.41) is 0.